The number of carbonyl (C=O) groups is 1. The van der Waals surface area contributed by atoms with Crippen LogP contribution in [0.1, 0.15) is 27.4 Å². The number of amides is 1. The number of para-hydroxylation sites is 1. The van der Waals surface area contributed by atoms with Crippen LogP contribution < -0.4 is 5.32 Å². The van der Waals surface area contributed by atoms with Gasteiger partial charge in [-0.2, -0.15) is 0 Å². The van der Waals surface area contributed by atoms with Crippen molar-refractivity contribution in [2.45, 2.75) is 18.4 Å². The maximum absolute atomic E-state index is 12.2. The Morgan fingerprint density at radius 1 is 1.10 bits per heavy atom. The summed E-state index contributed by atoms with van der Waals surface area (Å²) in [6, 6.07) is 12.9. The van der Waals surface area contributed by atoms with E-state index in [0.29, 0.717) is 11.8 Å². The molecule has 0 aromatic heterocycles. The molecule has 0 bridgehead atoms. The topological polar surface area (TPSA) is 69.6 Å². The number of fused-ring (bicyclic) bond motifs is 3. The Balaban J connectivity index is 1.52. The van der Waals surface area contributed by atoms with E-state index < -0.39 is 0 Å². The van der Waals surface area contributed by atoms with E-state index in [2.05, 4.69) is 17.4 Å². The normalized spacial score (nSPS) is 25.0. The van der Waals surface area contributed by atoms with Crippen molar-refractivity contribution in [2.75, 3.05) is 0 Å². The highest BCUT2D eigenvalue weighted by atomic mass is 16.3. The van der Waals surface area contributed by atoms with Crippen LogP contribution in [0, 0.1) is 5.92 Å². The highest BCUT2D eigenvalue weighted by Gasteiger charge is 2.56. The molecular weight excluding hydrogens is 266 g/mol. The summed E-state index contributed by atoms with van der Waals surface area (Å²) in [5, 5.41) is 22.2. The summed E-state index contributed by atoms with van der Waals surface area (Å²) in [7, 11) is 0. The van der Waals surface area contributed by atoms with E-state index in [1.807, 2.05) is 12.1 Å². The Hall–Kier alpha value is -2.49. The molecule has 2 aliphatic rings. The maximum atomic E-state index is 12.2. The van der Waals surface area contributed by atoms with Gasteiger partial charge in [0.05, 0.1) is 5.56 Å². The van der Waals surface area contributed by atoms with E-state index in [9.17, 15) is 15.0 Å². The minimum Gasteiger partial charge on any atom is -0.504 e. The highest BCUT2D eigenvalue weighted by Crippen LogP contribution is 2.56. The average molecular weight is 281 g/mol. The van der Waals surface area contributed by atoms with Crippen molar-refractivity contribution in [3.05, 3.63) is 59.2 Å². The van der Waals surface area contributed by atoms with Gasteiger partial charge in [-0.1, -0.05) is 30.3 Å². The van der Waals surface area contributed by atoms with Gasteiger partial charge in [0, 0.05) is 12.0 Å². The third kappa shape index (κ3) is 1.79. The van der Waals surface area contributed by atoms with Crippen molar-refractivity contribution >= 4 is 5.91 Å². The number of nitrogens with one attached hydrogen (secondary N) is 1. The van der Waals surface area contributed by atoms with E-state index in [1.54, 1.807) is 6.07 Å². The maximum Gasteiger partial charge on any atom is 0.255 e. The molecule has 106 valence electrons. The molecule has 0 aliphatic heterocycles. The summed E-state index contributed by atoms with van der Waals surface area (Å²) in [5.41, 5.74) is 2.82. The van der Waals surface area contributed by atoms with Crippen LogP contribution in [0.5, 0.6) is 11.5 Å². The largest absolute Gasteiger partial charge is 0.504 e. The first-order valence-corrected chi connectivity index (χ1v) is 7.06. The van der Waals surface area contributed by atoms with Crippen LogP contribution in [0.3, 0.4) is 0 Å². The summed E-state index contributed by atoms with van der Waals surface area (Å²) in [6.45, 7) is 0. The zero-order valence-electron chi connectivity index (χ0n) is 11.3. The van der Waals surface area contributed by atoms with Crippen LogP contribution in [-0.2, 0) is 6.42 Å². The first-order valence-electron chi connectivity index (χ1n) is 7.06. The van der Waals surface area contributed by atoms with Gasteiger partial charge >= 0.3 is 0 Å². The van der Waals surface area contributed by atoms with Crippen molar-refractivity contribution in [1.29, 1.82) is 0 Å². The number of phenols is 2. The van der Waals surface area contributed by atoms with Gasteiger partial charge in [0.15, 0.2) is 11.5 Å². The first kappa shape index (κ1) is 12.3. The second-order valence-corrected chi connectivity index (χ2v) is 5.77. The van der Waals surface area contributed by atoms with E-state index in [0.717, 1.165) is 6.42 Å². The van der Waals surface area contributed by atoms with Gasteiger partial charge in [0.2, 0.25) is 0 Å². The van der Waals surface area contributed by atoms with Gasteiger partial charge in [-0.25, -0.2) is 0 Å². The second-order valence-electron chi connectivity index (χ2n) is 5.77. The zero-order chi connectivity index (χ0) is 14.6. The third-order valence-electron chi connectivity index (χ3n) is 4.60. The van der Waals surface area contributed by atoms with Gasteiger partial charge in [0.1, 0.15) is 0 Å². The summed E-state index contributed by atoms with van der Waals surface area (Å²) >= 11 is 0. The monoisotopic (exact) mass is 281 g/mol. The number of aromatic hydroxyl groups is 2. The predicted octanol–water partition coefficient (Wildman–Crippen LogP) is 2.17. The van der Waals surface area contributed by atoms with E-state index in [-0.39, 0.29) is 29.0 Å². The van der Waals surface area contributed by atoms with Crippen molar-refractivity contribution in [2.24, 2.45) is 5.92 Å². The molecule has 4 rings (SSSR count). The minimum absolute atomic E-state index is 0.119. The van der Waals surface area contributed by atoms with Crippen molar-refractivity contribution in [3.8, 4) is 11.5 Å². The molecule has 1 amide bonds. The van der Waals surface area contributed by atoms with Crippen molar-refractivity contribution in [3.63, 3.8) is 0 Å². The van der Waals surface area contributed by atoms with Crippen molar-refractivity contribution in [1.82, 2.24) is 5.32 Å². The van der Waals surface area contributed by atoms with Gasteiger partial charge < -0.3 is 15.5 Å². The Kier molecular flexibility index (Phi) is 2.48. The molecule has 2 aromatic rings. The van der Waals surface area contributed by atoms with E-state index >= 15 is 0 Å². The zero-order valence-corrected chi connectivity index (χ0v) is 11.3. The molecule has 3 atom stereocenters. The fraction of sp³-hybridized carbons (Fsp3) is 0.235. The van der Waals surface area contributed by atoms with Crippen LogP contribution >= 0.6 is 0 Å². The molecule has 1 fully saturated rings. The molecule has 0 spiro atoms. The quantitative estimate of drug-likeness (QED) is 0.739. The lowest BCUT2D eigenvalue weighted by Gasteiger charge is -2.10. The number of rotatable bonds is 2. The Morgan fingerprint density at radius 3 is 2.76 bits per heavy atom. The number of hydrogen-bond donors (Lipinski definition) is 3. The Morgan fingerprint density at radius 2 is 1.90 bits per heavy atom. The fourth-order valence-electron chi connectivity index (χ4n) is 3.49. The fourth-order valence-corrected chi connectivity index (χ4v) is 3.49. The van der Waals surface area contributed by atoms with Gasteiger partial charge in [-0.3, -0.25) is 4.79 Å². The number of benzene rings is 2. The van der Waals surface area contributed by atoms with E-state index in [4.69, 9.17) is 0 Å². The van der Waals surface area contributed by atoms with Crippen molar-refractivity contribution < 1.29 is 15.0 Å². The molecule has 0 heterocycles. The van der Waals surface area contributed by atoms with Gasteiger partial charge in [0.25, 0.3) is 5.91 Å². The standard InChI is InChI=1S/C17H15NO3/c19-13-7-3-6-11(16(13)20)17(21)18-15-12-8-9-4-1-2-5-10(9)14(12)15/h1-7,12,14-15,19-20H,8H2,(H,18,21)/t12-,14+,15+/m0/s1. The average Bonchev–Trinajstić information content (AvgIpc) is 2.99. The first-order chi connectivity index (χ1) is 10.2. The molecule has 0 unspecified atom stereocenters. The minimum atomic E-state index is -0.360. The smallest absolute Gasteiger partial charge is 0.255 e. The predicted molar refractivity (Wildman–Crippen MR) is 77.4 cm³/mol. The highest BCUT2D eigenvalue weighted by molar-refractivity contribution is 5.98. The Bertz CT molecular complexity index is 741. The molecule has 21 heavy (non-hydrogen) atoms. The lowest BCUT2D eigenvalue weighted by Crippen LogP contribution is -2.28. The van der Waals surface area contributed by atoms with Crippen LogP contribution in [0.15, 0.2) is 42.5 Å². The van der Waals surface area contributed by atoms with Crippen LogP contribution in [0.2, 0.25) is 0 Å². The van der Waals surface area contributed by atoms with Crippen LogP contribution in [0.4, 0.5) is 0 Å². The SMILES string of the molecule is O=C(N[C@@H]1[C@H]2Cc3ccccc3[C@H]21)c1cccc(O)c1O. The van der Waals surface area contributed by atoms with E-state index in [1.165, 1.54) is 23.3 Å². The number of carbonyl (C=O) groups excluding carboxylic acids is 1. The molecule has 2 aliphatic carbocycles. The molecule has 4 heteroatoms. The lowest BCUT2D eigenvalue weighted by molar-refractivity contribution is 0.0944. The Labute approximate surface area is 122 Å². The summed E-state index contributed by atoms with van der Waals surface area (Å²) < 4.78 is 0. The van der Waals surface area contributed by atoms with Crippen LogP contribution in [0.25, 0.3) is 0 Å². The van der Waals surface area contributed by atoms with Gasteiger partial charge in [-0.15, -0.1) is 0 Å². The molecule has 0 saturated heterocycles. The molecule has 2 aromatic carbocycles. The molecule has 1 saturated carbocycles. The molecular formula is C17H15NO3. The summed E-state index contributed by atoms with van der Waals surface area (Å²) in [4.78, 5) is 12.2. The molecule has 4 nitrogen and oxygen atoms in total. The number of phenolic OH excluding ortho intramolecular Hbond substituents is 2. The molecule has 0 radical (unpaired) electrons. The van der Waals surface area contributed by atoms with Gasteiger partial charge in [-0.05, 0) is 35.6 Å². The molecule has 3 N–H and O–H groups in total. The number of hydrogen-bond acceptors (Lipinski definition) is 3. The van der Waals surface area contributed by atoms with Crippen LogP contribution in [-0.4, -0.2) is 22.2 Å². The lowest BCUT2D eigenvalue weighted by atomic mass is 10.0. The third-order valence-corrected chi connectivity index (χ3v) is 4.60. The summed E-state index contributed by atoms with van der Waals surface area (Å²) in [6.07, 6.45) is 0.998. The second kappa shape index (κ2) is 4.25. The summed E-state index contributed by atoms with van der Waals surface area (Å²) in [5.74, 6) is -0.110.